The van der Waals surface area contributed by atoms with Gasteiger partial charge in [0.1, 0.15) is 10.6 Å². The average Bonchev–Trinajstić information content (AvgIpc) is 3.42. The first-order valence-electron chi connectivity index (χ1n) is 12.2. The first-order valence-corrected chi connectivity index (χ1v) is 13.0. The highest BCUT2D eigenvalue weighted by atomic mass is 32.1. The zero-order valence-electron chi connectivity index (χ0n) is 21.5. The van der Waals surface area contributed by atoms with Crippen molar-refractivity contribution in [2.45, 2.75) is 33.7 Å². The number of benzene rings is 2. The number of aliphatic hydroxyl groups excluding tert-OH is 1. The summed E-state index contributed by atoms with van der Waals surface area (Å²) >= 11 is 0.951. The van der Waals surface area contributed by atoms with Crippen LogP contribution in [0.25, 0.3) is 5.76 Å². The summed E-state index contributed by atoms with van der Waals surface area (Å²) in [6, 6.07) is 12.6. The van der Waals surface area contributed by atoms with E-state index in [-0.39, 0.29) is 27.9 Å². The van der Waals surface area contributed by atoms with E-state index in [1.807, 2.05) is 13.8 Å². The lowest BCUT2D eigenvalue weighted by molar-refractivity contribution is -0.132. The van der Waals surface area contributed by atoms with Crippen molar-refractivity contribution in [1.82, 2.24) is 4.98 Å². The van der Waals surface area contributed by atoms with Crippen LogP contribution < -0.4 is 14.4 Å². The van der Waals surface area contributed by atoms with Crippen LogP contribution in [0.15, 0.2) is 54.1 Å². The number of carbonyl (C=O) groups is 3. The molecular weight excluding hydrogens is 508 g/mol. The second-order valence-electron chi connectivity index (χ2n) is 8.24. The summed E-state index contributed by atoms with van der Waals surface area (Å²) in [7, 11) is 0. The normalized spacial score (nSPS) is 16.5. The van der Waals surface area contributed by atoms with Crippen molar-refractivity contribution in [1.29, 1.82) is 0 Å². The largest absolute Gasteiger partial charge is 0.507 e. The van der Waals surface area contributed by atoms with Crippen LogP contribution in [0.2, 0.25) is 0 Å². The van der Waals surface area contributed by atoms with Gasteiger partial charge in [0.05, 0.1) is 37.1 Å². The maximum Gasteiger partial charge on any atom is 0.350 e. The number of ketones is 1. The number of aromatic nitrogens is 1. The molecule has 10 heteroatoms. The second-order valence-corrected chi connectivity index (χ2v) is 9.22. The molecule has 3 aromatic rings. The summed E-state index contributed by atoms with van der Waals surface area (Å²) in [6.45, 7) is 7.97. The highest BCUT2D eigenvalue weighted by molar-refractivity contribution is 7.17. The number of nitrogens with zero attached hydrogens (tertiary/aromatic N) is 2. The summed E-state index contributed by atoms with van der Waals surface area (Å²) < 4.78 is 16.6. The minimum atomic E-state index is -1.04. The van der Waals surface area contributed by atoms with Gasteiger partial charge in [0.25, 0.3) is 5.78 Å². The molecule has 0 aliphatic carbocycles. The molecule has 1 atom stereocenters. The van der Waals surface area contributed by atoms with Crippen LogP contribution >= 0.6 is 11.3 Å². The summed E-state index contributed by atoms with van der Waals surface area (Å²) in [5.74, 6) is -1.68. The second kappa shape index (κ2) is 11.5. The number of hydrogen-bond acceptors (Lipinski definition) is 9. The van der Waals surface area contributed by atoms with Gasteiger partial charge in [-0.25, -0.2) is 9.78 Å². The summed E-state index contributed by atoms with van der Waals surface area (Å²) in [4.78, 5) is 45.2. The number of esters is 1. The van der Waals surface area contributed by atoms with E-state index in [2.05, 4.69) is 4.98 Å². The molecule has 38 heavy (non-hydrogen) atoms. The van der Waals surface area contributed by atoms with E-state index in [1.54, 1.807) is 62.4 Å². The van der Waals surface area contributed by atoms with Crippen LogP contribution in [-0.4, -0.2) is 47.6 Å². The SMILES string of the molecule is CCOC(=O)c1sc(N2C(=O)C(=O)/C(=C(/O)c3ccccc3)C2c2ccc(OCC)c(OCC)c2)nc1C. The van der Waals surface area contributed by atoms with E-state index in [0.717, 1.165) is 11.3 Å². The number of Topliss-reactive ketones (excluding diaryl/α,β-unsaturated/α-hetero) is 1. The quantitative estimate of drug-likeness (QED) is 0.175. The van der Waals surface area contributed by atoms with Gasteiger partial charge in [-0.3, -0.25) is 14.5 Å². The van der Waals surface area contributed by atoms with Crippen LogP contribution in [0.1, 0.15) is 53.3 Å². The van der Waals surface area contributed by atoms with Crippen molar-refractivity contribution >= 4 is 39.9 Å². The molecule has 0 radical (unpaired) electrons. The number of aryl methyl sites for hydroxylation is 1. The monoisotopic (exact) mass is 536 g/mol. The Labute approximate surface area is 224 Å². The number of aliphatic hydroxyl groups is 1. The van der Waals surface area contributed by atoms with Crippen LogP contribution in [0.4, 0.5) is 5.13 Å². The Morgan fingerprint density at radius 3 is 2.34 bits per heavy atom. The highest BCUT2D eigenvalue weighted by Crippen LogP contribution is 2.45. The molecule has 1 aliphatic rings. The van der Waals surface area contributed by atoms with Crippen LogP contribution in [0.3, 0.4) is 0 Å². The van der Waals surface area contributed by atoms with Crippen molar-refractivity contribution in [3.63, 3.8) is 0 Å². The van der Waals surface area contributed by atoms with Crippen molar-refractivity contribution in [2.75, 3.05) is 24.7 Å². The van der Waals surface area contributed by atoms with Gasteiger partial charge in [0.2, 0.25) is 0 Å². The minimum absolute atomic E-state index is 0.0988. The molecule has 1 saturated heterocycles. The van der Waals surface area contributed by atoms with Crippen molar-refractivity contribution in [3.8, 4) is 11.5 Å². The van der Waals surface area contributed by atoms with Crippen LogP contribution in [-0.2, 0) is 14.3 Å². The molecule has 2 heterocycles. The van der Waals surface area contributed by atoms with Crippen molar-refractivity contribution < 1.29 is 33.7 Å². The van der Waals surface area contributed by atoms with E-state index in [9.17, 15) is 19.5 Å². The molecule has 1 N–H and O–H groups in total. The lowest BCUT2D eigenvalue weighted by atomic mass is 9.95. The lowest BCUT2D eigenvalue weighted by Crippen LogP contribution is -2.29. The molecule has 1 amide bonds. The van der Waals surface area contributed by atoms with E-state index in [0.29, 0.717) is 41.5 Å². The number of ether oxygens (including phenoxy) is 3. The first-order chi connectivity index (χ1) is 18.3. The maximum atomic E-state index is 13.5. The molecule has 1 fully saturated rings. The topological polar surface area (TPSA) is 115 Å². The van der Waals surface area contributed by atoms with Crippen molar-refractivity contribution in [2.24, 2.45) is 0 Å². The van der Waals surface area contributed by atoms with E-state index >= 15 is 0 Å². The predicted octanol–water partition coefficient (Wildman–Crippen LogP) is 5.05. The van der Waals surface area contributed by atoms with Crippen molar-refractivity contribution in [3.05, 3.63) is 75.8 Å². The maximum absolute atomic E-state index is 13.5. The van der Waals surface area contributed by atoms with Gasteiger partial charge in [-0.2, -0.15) is 0 Å². The lowest BCUT2D eigenvalue weighted by Gasteiger charge is -2.24. The molecule has 1 unspecified atom stereocenters. The molecule has 1 aromatic heterocycles. The Bertz CT molecular complexity index is 1400. The number of anilines is 1. The fourth-order valence-corrected chi connectivity index (χ4v) is 5.19. The molecule has 4 rings (SSSR count). The Balaban J connectivity index is 1.93. The third-order valence-electron chi connectivity index (χ3n) is 5.83. The van der Waals surface area contributed by atoms with Crippen LogP contribution in [0, 0.1) is 6.92 Å². The van der Waals surface area contributed by atoms with Gasteiger partial charge in [0, 0.05) is 5.56 Å². The van der Waals surface area contributed by atoms with Gasteiger partial charge in [0.15, 0.2) is 16.6 Å². The Morgan fingerprint density at radius 1 is 1.00 bits per heavy atom. The Kier molecular flexibility index (Phi) is 8.11. The fourth-order valence-electron chi connectivity index (χ4n) is 4.21. The molecule has 198 valence electrons. The zero-order valence-corrected chi connectivity index (χ0v) is 22.3. The number of rotatable bonds is 9. The molecular formula is C28H28N2O7S. The van der Waals surface area contributed by atoms with E-state index in [1.165, 1.54) is 4.90 Å². The van der Waals surface area contributed by atoms with Gasteiger partial charge in [-0.05, 0) is 45.4 Å². The predicted molar refractivity (Wildman–Crippen MR) is 143 cm³/mol. The van der Waals surface area contributed by atoms with E-state index < -0.39 is 23.7 Å². The summed E-state index contributed by atoms with van der Waals surface area (Å²) in [6.07, 6.45) is 0. The third kappa shape index (κ3) is 4.99. The molecule has 0 bridgehead atoms. The number of hydrogen-bond donors (Lipinski definition) is 1. The van der Waals surface area contributed by atoms with Gasteiger partial charge < -0.3 is 19.3 Å². The highest BCUT2D eigenvalue weighted by Gasteiger charge is 2.48. The first kappa shape index (κ1) is 26.9. The number of amides is 1. The Hall–Kier alpha value is -4.18. The van der Waals surface area contributed by atoms with Gasteiger partial charge >= 0.3 is 11.9 Å². The molecule has 2 aromatic carbocycles. The average molecular weight is 537 g/mol. The number of thiazole rings is 1. The fraction of sp³-hybridized carbons (Fsp3) is 0.286. The minimum Gasteiger partial charge on any atom is -0.507 e. The third-order valence-corrected chi connectivity index (χ3v) is 6.96. The molecule has 1 aliphatic heterocycles. The van der Waals surface area contributed by atoms with E-state index in [4.69, 9.17) is 14.2 Å². The zero-order chi connectivity index (χ0) is 27.4. The molecule has 0 saturated carbocycles. The summed E-state index contributed by atoms with van der Waals surface area (Å²) in [5, 5.41) is 11.4. The number of carbonyl (C=O) groups excluding carboxylic acids is 3. The molecule has 9 nitrogen and oxygen atoms in total. The Morgan fingerprint density at radius 2 is 1.68 bits per heavy atom. The van der Waals surface area contributed by atoms with Crippen LogP contribution in [0.5, 0.6) is 11.5 Å². The van der Waals surface area contributed by atoms with Gasteiger partial charge in [-0.15, -0.1) is 0 Å². The summed E-state index contributed by atoms with van der Waals surface area (Å²) in [5.41, 5.74) is 1.15. The smallest absolute Gasteiger partial charge is 0.350 e. The standard InChI is InChI=1S/C28H28N2O7S/c1-5-35-19-14-13-18(15-20(19)36-6-2)22-21(23(31)17-11-9-8-10-12-17)24(32)26(33)30(22)28-29-16(4)25(38-28)27(34)37-7-3/h8-15,22,31H,5-7H2,1-4H3/b23-21+. The van der Waals surface area contributed by atoms with Gasteiger partial charge in [-0.1, -0.05) is 47.7 Å². The molecule has 0 spiro atoms.